The molecule has 0 aromatic heterocycles. The van der Waals surface area contributed by atoms with Gasteiger partial charge in [0.2, 0.25) is 5.91 Å². The van der Waals surface area contributed by atoms with Gasteiger partial charge in [0, 0.05) is 13.0 Å². The lowest BCUT2D eigenvalue weighted by molar-refractivity contribution is -0.153. The molecule has 0 bridgehead atoms. The molecule has 0 radical (unpaired) electrons. The fraction of sp³-hybridized carbons (Fsp3) is 0.579. The zero-order chi connectivity index (χ0) is 17.0. The molecule has 126 valence electrons. The van der Waals surface area contributed by atoms with Crippen molar-refractivity contribution in [2.45, 2.75) is 57.9 Å². The van der Waals surface area contributed by atoms with E-state index >= 15 is 0 Å². The van der Waals surface area contributed by atoms with Gasteiger partial charge in [-0.25, -0.2) is 4.79 Å². The Morgan fingerprint density at radius 3 is 2.52 bits per heavy atom. The molecular weight excluding hydrogens is 290 g/mol. The number of carboxylic acid groups (broad SMARTS) is 1. The van der Waals surface area contributed by atoms with Gasteiger partial charge >= 0.3 is 5.97 Å². The fourth-order valence-corrected chi connectivity index (χ4v) is 3.27. The van der Waals surface area contributed by atoms with Gasteiger partial charge in [0.25, 0.3) is 0 Å². The molecule has 1 aliphatic heterocycles. The van der Waals surface area contributed by atoms with Crippen LogP contribution in [0, 0.1) is 5.92 Å². The first-order valence-corrected chi connectivity index (χ1v) is 8.39. The lowest BCUT2D eigenvalue weighted by Crippen LogP contribution is -2.50. The van der Waals surface area contributed by atoms with E-state index in [0.717, 1.165) is 6.42 Å². The third-order valence-electron chi connectivity index (χ3n) is 4.99. The monoisotopic (exact) mass is 317 g/mol. The van der Waals surface area contributed by atoms with Crippen molar-refractivity contribution in [1.29, 1.82) is 0 Å². The number of benzene rings is 1. The molecule has 1 heterocycles. The predicted octanol–water partition coefficient (Wildman–Crippen LogP) is 3.46. The zero-order valence-electron chi connectivity index (χ0n) is 14.3. The van der Waals surface area contributed by atoms with Crippen LogP contribution >= 0.6 is 0 Å². The second kappa shape index (κ2) is 7.16. The predicted molar refractivity (Wildman–Crippen MR) is 90.2 cm³/mol. The summed E-state index contributed by atoms with van der Waals surface area (Å²) >= 11 is 0. The molecule has 0 spiro atoms. The third kappa shape index (κ3) is 4.34. The average Bonchev–Trinajstić information content (AvgIpc) is 2.53. The van der Waals surface area contributed by atoms with Crippen molar-refractivity contribution >= 4 is 11.9 Å². The van der Waals surface area contributed by atoms with Gasteiger partial charge in [-0.05, 0) is 36.2 Å². The molecule has 23 heavy (non-hydrogen) atoms. The summed E-state index contributed by atoms with van der Waals surface area (Å²) < 4.78 is 0. The second-order valence-corrected chi connectivity index (χ2v) is 7.32. The molecule has 1 fully saturated rings. The van der Waals surface area contributed by atoms with Crippen molar-refractivity contribution in [3.05, 3.63) is 35.9 Å². The van der Waals surface area contributed by atoms with Crippen LogP contribution in [0.2, 0.25) is 0 Å². The number of aliphatic carboxylic acids is 1. The lowest BCUT2D eigenvalue weighted by atomic mass is 9.80. The van der Waals surface area contributed by atoms with Crippen LogP contribution in [0.15, 0.2) is 30.3 Å². The van der Waals surface area contributed by atoms with Crippen LogP contribution in [0.25, 0.3) is 0 Å². The Labute approximate surface area is 138 Å². The molecule has 1 N–H and O–H groups in total. The van der Waals surface area contributed by atoms with Crippen LogP contribution in [0.4, 0.5) is 0 Å². The number of piperidine rings is 1. The normalized spacial score (nSPS) is 22.0. The van der Waals surface area contributed by atoms with Gasteiger partial charge in [0.05, 0.1) is 0 Å². The molecular formula is C19H27NO3. The molecule has 0 aliphatic carbocycles. The average molecular weight is 317 g/mol. The number of nitrogens with zero attached hydrogens (tertiary/aromatic N) is 1. The Morgan fingerprint density at radius 1 is 1.26 bits per heavy atom. The van der Waals surface area contributed by atoms with Crippen LogP contribution < -0.4 is 0 Å². The largest absolute Gasteiger partial charge is 0.480 e. The second-order valence-electron chi connectivity index (χ2n) is 7.32. The SMILES string of the molecule is CC1CCN(C(=O)CCC(C)(C)c2ccccc2)C(C(=O)O)C1. The topological polar surface area (TPSA) is 57.6 Å². The van der Waals surface area contributed by atoms with Gasteiger partial charge in [-0.1, -0.05) is 51.1 Å². The quantitative estimate of drug-likeness (QED) is 0.905. The molecule has 2 unspecified atom stereocenters. The molecule has 2 atom stereocenters. The lowest BCUT2D eigenvalue weighted by Gasteiger charge is -2.36. The standard InChI is InChI=1S/C19H27NO3/c1-14-10-12-20(16(13-14)18(22)23)17(21)9-11-19(2,3)15-7-5-4-6-8-15/h4-8,14,16H,9-13H2,1-3H3,(H,22,23). The number of likely N-dealkylation sites (tertiary alicyclic amines) is 1. The highest BCUT2D eigenvalue weighted by Crippen LogP contribution is 2.30. The minimum atomic E-state index is -0.882. The number of carbonyl (C=O) groups excluding carboxylic acids is 1. The Morgan fingerprint density at radius 2 is 1.91 bits per heavy atom. The van der Waals surface area contributed by atoms with E-state index in [9.17, 15) is 14.7 Å². The van der Waals surface area contributed by atoms with E-state index in [4.69, 9.17) is 0 Å². The minimum absolute atomic E-state index is 0.0340. The highest BCUT2D eigenvalue weighted by atomic mass is 16.4. The molecule has 1 aromatic carbocycles. The van der Waals surface area contributed by atoms with Crippen LogP contribution in [-0.2, 0) is 15.0 Å². The van der Waals surface area contributed by atoms with Crippen LogP contribution in [0.1, 0.15) is 52.0 Å². The summed E-state index contributed by atoms with van der Waals surface area (Å²) in [5, 5.41) is 9.39. The summed E-state index contributed by atoms with van der Waals surface area (Å²) in [6.07, 6.45) is 2.55. The van der Waals surface area contributed by atoms with E-state index in [-0.39, 0.29) is 11.3 Å². The molecule has 1 aliphatic rings. The Hall–Kier alpha value is -1.84. The maximum Gasteiger partial charge on any atom is 0.326 e. The first kappa shape index (κ1) is 17.5. The highest BCUT2D eigenvalue weighted by Gasteiger charge is 2.35. The Bertz CT molecular complexity index is 553. The van der Waals surface area contributed by atoms with E-state index in [1.807, 2.05) is 18.2 Å². The molecule has 1 aromatic rings. The molecule has 1 amide bonds. The third-order valence-corrected chi connectivity index (χ3v) is 4.99. The molecule has 4 nitrogen and oxygen atoms in total. The minimum Gasteiger partial charge on any atom is -0.480 e. The maximum absolute atomic E-state index is 12.6. The Kier molecular flexibility index (Phi) is 5.45. The molecule has 1 saturated heterocycles. The smallest absolute Gasteiger partial charge is 0.326 e. The van der Waals surface area contributed by atoms with Gasteiger partial charge in [0.1, 0.15) is 6.04 Å². The summed E-state index contributed by atoms with van der Waals surface area (Å²) in [5.41, 5.74) is 1.11. The Balaban J connectivity index is 1.99. The van der Waals surface area contributed by atoms with Crippen molar-refractivity contribution in [2.24, 2.45) is 5.92 Å². The van der Waals surface area contributed by atoms with Crippen LogP contribution in [0.3, 0.4) is 0 Å². The van der Waals surface area contributed by atoms with Crippen molar-refractivity contribution < 1.29 is 14.7 Å². The summed E-state index contributed by atoms with van der Waals surface area (Å²) in [5.74, 6) is -0.554. The number of hydrogen-bond acceptors (Lipinski definition) is 2. The summed E-state index contributed by atoms with van der Waals surface area (Å²) in [6, 6.07) is 9.49. The summed E-state index contributed by atoms with van der Waals surface area (Å²) in [6.45, 7) is 6.87. The van der Waals surface area contributed by atoms with Crippen LogP contribution in [0.5, 0.6) is 0 Å². The molecule has 4 heteroatoms. The zero-order valence-corrected chi connectivity index (χ0v) is 14.3. The molecule has 2 rings (SSSR count). The van der Waals surface area contributed by atoms with Gasteiger partial charge < -0.3 is 10.0 Å². The van der Waals surface area contributed by atoms with Crippen molar-refractivity contribution in [3.63, 3.8) is 0 Å². The van der Waals surface area contributed by atoms with Gasteiger partial charge in [-0.15, -0.1) is 0 Å². The number of carboxylic acids is 1. The number of hydrogen-bond donors (Lipinski definition) is 1. The van der Waals surface area contributed by atoms with E-state index in [0.29, 0.717) is 31.7 Å². The van der Waals surface area contributed by atoms with Crippen LogP contribution in [-0.4, -0.2) is 34.5 Å². The number of carbonyl (C=O) groups is 2. The first-order valence-electron chi connectivity index (χ1n) is 8.39. The summed E-state index contributed by atoms with van der Waals surface area (Å²) in [4.78, 5) is 25.6. The van der Waals surface area contributed by atoms with Gasteiger partial charge in [-0.2, -0.15) is 0 Å². The number of rotatable bonds is 5. The van der Waals surface area contributed by atoms with Crippen molar-refractivity contribution in [3.8, 4) is 0 Å². The molecule has 0 saturated carbocycles. The van der Waals surface area contributed by atoms with E-state index < -0.39 is 12.0 Å². The van der Waals surface area contributed by atoms with E-state index in [1.165, 1.54) is 5.56 Å². The van der Waals surface area contributed by atoms with Gasteiger partial charge in [0.15, 0.2) is 0 Å². The van der Waals surface area contributed by atoms with E-state index in [1.54, 1.807) is 4.90 Å². The number of amides is 1. The van der Waals surface area contributed by atoms with Gasteiger partial charge in [-0.3, -0.25) is 4.79 Å². The fourth-order valence-electron chi connectivity index (χ4n) is 3.27. The highest BCUT2D eigenvalue weighted by molar-refractivity contribution is 5.84. The summed E-state index contributed by atoms with van der Waals surface area (Å²) in [7, 11) is 0. The first-order chi connectivity index (χ1) is 10.8. The maximum atomic E-state index is 12.6. The van der Waals surface area contributed by atoms with Crippen molar-refractivity contribution in [2.75, 3.05) is 6.54 Å². The van der Waals surface area contributed by atoms with E-state index in [2.05, 4.69) is 32.9 Å². The van der Waals surface area contributed by atoms with Crippen molar-refractivity contribution in [1.82, 2.24) is 4.90 Å².